The first-order valence-corrected chi connectivity index (χ1v) is 6.89. The summed E-state index contributed by atoms with van der Waals surface area (Å²) in [6.45, 7) is 5.29. The van der Waals surface area contributed by atoms with Crippen LogP contribution < -0.4 is 5.32 Å². The molecule has 1 aliphatic heterocycles. The van der Waals surface area contributed by atoms with Crippen LogP contribution in [0, 0.1) is 13.8 Å². The summed E-state index contributed by atoms with van der Waals surface area (Å²) in [6, 6.07) is 5.74. The summed E-state index contributed by atoms with van der Waals surface area (Å²) < 4.78 is 5.13. The number of carbonyl (C=O) groups is 2. The third kappa shape index (κ3) is 4.27. The van der Waals surface area contributed by atoms with Crippen LogP contribution in [-0.4, -0.2) is 54.2 Å². The molecule has 1 atom stereocenters. The minimum atomic E-state index is -0.991. The SMILES string of the molecule is Cc1ccc(NC(=O)CN2CCOC(C(=O)O)C2)cc1C. The Morgan fingerprint density at radius 2 is 2.14 bits per heavy atom. The number of morpholine rings is 1. The number of carboxylic acids is 1. The van der Waals surface area contributed by atoms with Crippen molar-refractivity contribution >= 4 is 17.6 Å². The average Bonchev–Trinajstić information content (AvgIpc) is 2.43. The summed E-state index contributed by atoms with van der Waals surface area (Å²) >= 11 is 0. The molecule has 2 rings (SSSR count). The number of aryl methyl sites for hydroxylation is 2. The molecular formula is C15H20N2O4. The number of hydrogen-bond acceptors (Lipinski definition) is 4. The second kappa shape index (κ2) is 6.69. The number of amides is 1. The van der Waals surface area contributed by atoms with Gasteiger partial charge in [0.25, 0.3) is 0 Å². The minimum absolute atomic E-state index is 0.149. The molecule has 21 heavy (non-hydrogen) atoms. The summed E-state index contributed by atoms with van der Waals surface area (Å²) in [7, 11) is 0. The van der Waals surface area contributed by atoms with E-state index >= 15 is 0 Å². The van der Waals surface area contributed by atoms with Crippen molar-refractivity contribution in [3.8, 4) is 0 Å². The third-order valence-electron chi connectivity index (χ3n) is 3.58. The molecule has 1 aromatic carbocycles. The first-order chi connectivity index (χ1) is 9.95. The topological polar surface area (TPSA) is 78.9 Å². The van der Waals surface area contributed by atoms with Gasteiger partial charge in [-0.25, -0.2) is 4.79 Å². The van der Waals surface area contributed by atoms with Crippen LogP contribution in [0.2, 0.25) is 0 Å². The summed E-state index contributed by atoms with van der Waals surface area (Å²) in [6.07, 6.45) is -0.854. The van der Waals surface area contributed by atoms with Crippen molar-refractivity contribution in [3.05, 3.63) is 29.3 Å². The summed E-state index contributed by atoms with van der Waals surface area (Å²) in [5.41, 5.74) is 3.04. The summed E-state index contributed by atoms with van der Waals surface area (Å²) in [5, 5.41) is 11.8. The van der Waals surface area contributed by atoms with Crippen LogP contribution in [0.1, 0.15) is 11.1 Å². The van der Waals surface area contributed by atoms with Crippen LogP contribution in [0.25, 0.3) is 0 Å². The highest BCUT2D eigenvalue weighted by atomic mass is 16.5. The molecule has 1 amide bonds. The van der Waals surface area contributed by atoms with Crippen molar-refractivity contribution in [2.24, 2.45) is 0 Å². The maximum absolute atomic E-state index is 12.0. The Hall–Kier alpha value is -1.92. The van der Waals surface area contributed by atoms with Gasteiger partial charge in [-0.15, -0.1) is 0 Å². The zero-order valence-electron chi connectivity index (χ0n) is 12.3. The second-order valence-corrected chi connectivity index (χ2v) is 5.28. The number of ether oxygens (including phenoxy) is 1. The molecule has 2 N–H and O–H groups in total. The van der Waals surface area contributed by atoms with E-state index < -0.39 is 12.1 Å². The van der Waals surface area contributed by atoms with Crippen LogP contribution in [0.15, 0.2) is 18.2 Å². The first kappa shape index (κ1) is 15.5. The molecule has 114 valence electrons. The predicted octanol–water partition coefficient (Wildman–Crippen LogP) is 1.03. The Morgan fingerprint density at radius 1 is 1.38 bits per heavy atom. The maximum atomic E-state index is 12.0. The van der Waals surface area contributed by atoms with Gasteiger partial charge in [-0.2, -0.15) is 0 Å². The molecule has 6 heteroatoms. The maximum Gasteiger partial charge on any atom is 0.334 e. The molecule has 1 saturated heterocycles. The number of benzene rings is 1. The fourth-order valence-corrected chi connectivity index (χ4v) is 2.22. The van der Waals surface area contributed by atoms with E-state index in [1.807, 2.05) is 32.0 Å². The highest BCUT2D eigenvalue weighted by Gasteiger charge is 2.27. The third-order valence-corrected chi connectivity index (χ3v) is 3.58. The molecule has 6 nitrogen and oxygen atoms in total. The number of carbonyl (C=O) groups excluding carboxylic acids is 1. The lowest BCUT2D eigenvalue weighted by molar-refractivity contribution is -0.156. The van der Waals surface area contributed by atoms with Gasteiger partial charge in [0.1, 0.15) is 0 Å². The highest BCUT2D eigenvalue weighted by molar-refractivity contribution is 5.92. The number of hydrogen-bond donors (Lipinski definition) is 2. The van der Waals surface area contributed by atoms with Crippen LogP contribution in [0.5, 0.6) is 0 Å². The van der Waals surface area contributed by atoms with E-state index in [-0.39, 0.29) is 19.0 Å². The van der Waals surface area contributed by atoms with E-state index in [2.05, 4.69) is 5.32 Å². The molecule has 1 aliphatic rings. The molecule has 0 spiro atoms. The standard InChI is InChI=1S/C15H20N2O4/c1-10-3-4-12(7-11(10)2)16-14(18)9-17-5-6-21-13(8-17)15(19)20/h3-4,7,13H,5-6,8-9H2,1-2H3,(H,16,18)(H,19,20). The average molecular weight is 292 g/mol. The fraction of sp³-hybridized carbons (Fsp3) is 0.467. The van der Waals surface area contributed by atoms with Crippen molar-refractivity contribution in [1.82, 2.24) is 4.90 Å². The van der Waals surface area contributed by atoms with E-state index in [0.29, 0.717) is 13.2 Å². The van der Waals surface area contributed by atoms with Crippen molar-refractivity contribution in [2.45, 2.75) is 20.0 Å². The van der Waals surface area contributed by atoms with Crippen molar-refractivity contribution in [3.63, 3.8) is 0 Å². The van der Waals surface area contributed by atoms with E-state index in [4.69, 9.17) is 9.84 Å². The highest BCUT2D eigenvalue weighted by Crippen LogP contribution is 2.14. The van der Waals surface area contributed by atoms with Gasteiger partial charge in [0, 0.05) is 18.8 Å². The van der Waals surface area contributed by atoms with Gasteiger partial charge < -0.3 is 15.2 Å². The second-order valence-electron chi connectivity index (χ2n) is 5.28. The number of nitrogens with zero attached hydrogens (tertiary/aromatic N) is 1. The van der Waals surface area contributed by atoms with Gasteiger partial charge in [0.2, 0.25) is 5.91 Å². The molecular weight excluding hydrogens is 272 g/mol. The molecule has 0 bridgehead atoms. The molecule has 0 radical (unpaired) electrons. The number of carboxylic acid groups (broad SMARTS) is 1. The smallest absolute Gasteiger partial charge is 0.334 e. The minimum Gasteiger partial charge on any atom is -0.479 e. The zero-order chi connectivity index (χ0) is 15.4. The Kier molecular flexibility index (Phi) is 4.93. The van der Waals surface area contributed by atoms with Gasteiger partial charge in [-0.1, -0.05) is 6.07 Å². The van der Waals surface area contributed by atoms with Crippen LogP contribution in [-0.2, 0) is 14.3 Å². The number of anilines is 1. The first-order valence-electron chi connectivity index (χ1n) is 6.89. The number of rotatable bonds is 4. The Morgan fingerprint density at radius 3 is 2.81 bits per heavy atom. The Bertz CT molecular complexity index is 544. The zero-order valence-corrected chi connectivity index (χ0v) is 12.3. The lowest BCUT2D eigenvalue weighted by Gasteiger charge is -2.30. The lowest BCUT2D eigenvalue weighted by Crippen LogP contribution is -2.48. The Labute approximate surface area is 123 Å². The van der Waals surface area contributed by atoms with E-state index in [9.17, 15) is 9.59 Å². The van der Waals surface area contributed by atoms with Gasteiger partial charge in [-0.3, -0.25) is 9.69 Å². The fourth-order valence-electron chi connectivity index (χ4n) is 2.22. The van der Waals surface area contributed by atoms with Gasteiger partial charge >= 0.3 is 5.97 Å². The largest absolute Gasteiger partial charge is 0.479 e. The normalized spacial score (nSPS) is 19.2. The van der Waals surface area contributed by atoms with Gasteiger partial charge in [0.15, 0.2) is 6.10 Å². The van der Waals surface area contributed by atoms with E-state index in [1.165, 1.54) is 5.56 Å². The molecule has 0 aromatic heterocycles. The molecule has 1 aromatic rings. The van der Waals surface area contributed by atoms with E-state index in [1.54, 1.807) is 4.90 Å². The van der Waals surface area contributed by atoms with Crippen LogP contribution >= 0.6 is 0 Å². The Balaban J connectivity index is 1.89. The summed E-state index contributed by atoms with van der Waals surface area (Å²) in [5.74, 6) is -1.14. The van der Waals surface area contributed by atoms with Crippen molar-refractivity contribution in [1.29, 1.82) is 0 Å². The summed E-state index contributed by atoms with van der Waals surface area (Å²) in [4.78, 5) is 24.7. The van der Waals surface area contributed by atoms with Crippen LogP contribution in [0.3, 0.4) is 0 Å². The van der Waals surface area contributed by atoms with Crippen molar-refractivity contribution in [2.75, 3.05) is 31.6 Å². The van der Waals surface area contributed by atoms with Gasteiger partial charge in [-0.05, 0) is 37.1 Å². The lowest BCUT2D eigenvalue weighted by atomic mass is 10.1. The quantitative estimate of drug-likeness (QED) is 0.866. The monoisotopic (exact) mass is 292 g/mol. The van der Waals surface area contributed by atoms with Crippen LogP contribution in [0.4, 0.5) is 5.69 Å². The van der Waals surface area contributed by atoms with Crippen molar-refractivity contribution < 1.29 is 19.4 Å². The number of nitrogens with one attached hydrogen (secondary N) is 1. The molecule has 1 heterocycles. The number of aliphatic carboxylic acids is 1. The van der Waals surface area contributed by atoms with E-state index in [0.717, 1.165) is 11.3 Å². The molecule has 0 saturated carbocycles. The van der Waals surface area contributed by atoms with Gasteiger partial charge in [0.05, 0.1) is 13.2 Å². The predicted molar refractivity (Wildman–Crippen MR) is 78.4 cm³/mol. The molecule has 1 fully saturated rings. The molecule has 1 unspecified atom stereocenters. The molecule has 0 aliphatic carbocycles.